The minimum atomic E-state index is -4.64. The molecule has 0 rings (SSSR count). The molecule has 84 valence electrons. The van der Waals surface area contributed by atoms with Gasteiger partial charge in [-0.05, 0) is 25.9 Å². The van der Waals surface area contributed by atoms with Crippen LogP contribution in [0, 0.1) is 0 Å². The van der Waals surface area contributed by atoms with Gasteiger partial charge in [0.15, 0.2) is 0 Å². The molecular formula is C6H21N2O4P. The third-order valence-corrected chi connectivity index (χ3v) is 0.854. The fourth-order valence-corrected chi connectivity index (χ4v) is 0.479. The molecule has 7 heteroatoms. The van der Waals surface area contributed by atoms with Crippen LogP contribution in [0.4, 0.5) is 0 Å². The molecule has 0 amide bonds. The van der Waals surface area contributed by atoms with Gasteiger partial charge < -0.3 is 26.1 Å². The summed E-state index contributed by atoms with van der Waals surface area (Å²) < 4.78 is 8.88. The second kappa shape index (κ2) is 12.0. The van der Waals surface area contributed by atoms with E-state index in [1.54, 1.807) is 0 Å². The first-order chi connectivity index (χ1) is 5.41. The van der Waals surface area contributed by atoms with Gasteiger partial charge in [-0.15, -0.1) is 0 Å². The molecule has 0 bridgehead atoms. The summed E-state index contributed by atoms with van der Waals surface area (Å²) in [7, 11) is -4.64. The smallest absolute Gasteiger partial charge is 0.344 e. The van der Waals surface area contributed by atoms with E-state index in [0.717, 1.165) is 0 Å². The molecule has 0 saturated heterocycles. The first-order valence-electron chi connectivity index (χ1n) is 3.90. The molecule has 0 spiro atoms. The number of nitrogens with one attached hydrogen (secondary N) is 1. The maximum Gasteiger partial charge on any atom is 0.466 e. The van der Waals surface area contributed by atoms with Crippen LogP contribution in [0.3, 0.4) is 0 Å². The van der Waals surface area contributed by atoms with Crippen LogP contribution in [0.1, 0.15) is 26.7 Å². The minimum Gasteiger partial charge on any atom is -0.344 e. The van der Waals surface area contributed by atoms with E-state index in [0.29, 0.717) is 0 Å². The highest BCUT2D eigenvalue weighted by molar-refractivity contribution is 7.45. The molecule has 0 aromatic heterocycles. The second-order valence-corrected chi connectivity index (χ2v) is 3.29. The monoisotopic (exact) mass is 216 g/mol. The first-order valence-corrected chi connectivity index (χ1v) is 5.47. The third kappa shape index (κ3) is 74.5. The van der Waals surface area contributed by atoms with Crippen molar-refractivity contribution in [1.29, 1.82) is 0 Å². The summed E-state index contributed by atoms with van der Waals surface area (Å²) in [5.74, 6) is 0. The SMILES string of the molecule is CCCNCCC.N.O=P(O)(O)O. The Bertz CT molecular complexity index is 116. The summed E-state index contributed by atoms with van der Waals surface area (Å²) in [5, 5.41) is 3.28. The predicted molar refractivity (Wildman–Crippen MR) is 52.7 cm³/mol. The lowest BCUT2D eigenvalue weighted by molar-refractivity contribution is 0.275. The zero-order valence-corrected chi connectivity index (χ0v) is 9.13. The van der Waals surface area contributed by atoms with Gasteiger partial charge in [0.25, 0.3) is 0 Å². The highest BCUT2D eigenvalue weighted by Gasteiger charge is 2.00. The van der Waals surface area contributed by atoms with E-state index in [4.69, 9.17) is 19.2 Å². The molecule has 0 aliphatic carbocycles. The average Bonchev–Trinajstić information content (AvgIpc) is 1.85. The quantitative estimate of drug-likeness (QED) is 0.346. The van der Waals surface area contributed by atoms with Gasteiger partial charge >= 0.3 is 7.82 Å². The normalized spacial score (nSPS) is 9.62. The van der Waals surface area contributed by atoms with Crippen molar-refractivity contribution in [2.24, 2.45) is 0 Å². The molecule has 0 unspecified atom stereocenters. The molecule has 0 radical (unpaired) electrons. The van der Waals surface area contributed by atoms with Crippen LogP contribution in [0.2, 0.25) is 0 Å². The largest absolute Gasteiger partial charge is 0.466 e. The summed E-state index contributed by atoms with van der Waals surface area (Å²) in [6.07, 6.45) is 2.50. The molecule has 0 fully saturated rings. The van der Waals surface area contributed by atoms with Crippen LogP contribution in [-0.4, -0.2) is 27.8 Å². The number of hydrogen-bond donors (Lipinski definition) is 5. The average molecular weight is 216 g/mol. The van der Waals surface area contributed by atoms with Crippen molar-refractivity contribution in [3.05, 3.63) is 0 Å². The number of rotatable bonds is 4. The van der Waals surface area contributed by atoms with Crippen LogP contribution in [-0.2, 0) is 4.57 Å². The molecule has 0 atom stereocenters. The lowest BCUT2D eigenvalue weighted by Gasteiger charge is -1.95. The molecule has 0 heterocycles. The molecule has 0 aliphatic rings. The maximum absolute atomic E-state index is 8.88. The van der Waals surface area contributed by atoms with Gasteiger partial charge in [-0.25, -0.2) is 4.57 Å². The van der Waals surface area contributed by atoms with Gasteiger partial charge in [0.1, 0.15) is 0 Å². The zero-order valence-electron chi connectivity index (χ0n) is 8.23. The van der Waals surface area contributed by atoms with E-state index in [1.807, 2.05) is 0 Å². The van der Waals surface area contributed by atoms with Crippen LogP contribution < -0.4 is 11.5 Å². The van der Waals surface area contributed by atoms with Crippen molar-refractivity contribution < 1.29 is 19.2 Å². The molecule has 0 aromatic carbocycles. The molecule has 0 aliphatic heterocycles. The van der Waals surface area contributed by atoms with E-state index in [1.165, 1.54) is 25.9 Å². The fourth-order valence-electron chi connectivity index (χ4n) is 0.479. The Balaban J connectivity index is -0.000000150. The van der Waals surface area contributed by atoms with Crippen LogP contribution in [0.25, 0.3) is 0 Å². The molecule has 7 N–H and O–H groups in total. The standard InChI is InChI=1S/C6H15N.H3N.H3O4P/c1-3-5-7-6-4-2;;1-5(2,3)4/h7H,3-6H2,1-2H3;1H3;(H3,1,2,3,4). The molecule has 0 saturated carbocycles. The van der Waals surface area contributed by atoms with Gasteiger partial charge in [-0.1, -0.05) is 13.8 Å². The van der Waals surface area contributed by atoms with Crippen molar-refractivity contribution in [3.8, 4) is 0 Å². The molecular weight excluding hydrogens is 195 g/mol. The second-order valence-electron chi connectivity index (χ2n) is 2.26. The van der Waals surface area contributed by atoms with Crippen LogP contribution in [0.15, 0.2) is 0 Å². The lowest BCUT2D eigenvalue weighted by atomic mass is 10.4. The highest BCUT2D eigenvalue weighted by Crippen LogP contribution is 2.25. The van der Waals surface area contributed by atoms with Crippen molar-refractivity contribution >= 4 is 7.82 Å². The van der Waals surface area contributed by atoms with E-state index in [2.05, 4.69) is 19.2 Å². The molecule has 0 aromatic rings. The zero-order chi connectivity index (χ0) is 10.0. The Morgan fingerprint density at radius 3 is 1.46 bits per heavy atom. The summed E-state index contributed by atoms with van der Waals surface area (Å²) >= 11 is 0. The Morgan fingerprint density at radius 1 is 1.08 bits per heavy atom. The Hall–Kier alpha value is 0.0300. The fraction of sp³-hybridized carbons (Fsp3) is 1.00. The van der Waals surface area contributed by atoms with E-state index in [-0.39, 0.29) is 6.15 Å². The van der Waals surface area contributed by atoms with E-state index in [9.17, 15) is 0 Å². The number of hydrogen-bond acceptors (Lipinski definition) is 3. The topological polar surface area (TPSA) is 125 Å². The summed E-state index contributed by atoms with van der Waals surface area (Å²) in [6, 6.07) is 0. The van der Waals surface area contributed by atoms with Crippen LogP contribution >= 0.6 is 7.82 Å². The van der Waals surface area contributed by atoms with Gasteiger partial charge in [-0.2, -0.15) is 0 Å². The van der Waals surface area contributed by atoms with Gasteiger partial charge in [0.2, 0.25) is 0 Å². The van der Waals surface area contributed by atoms with Crippen molar-refractivity contribution in [1.82, 2.24) is 11.5 Å². The Labute approximate surface area is 79.2 Å². The highest BCUT2D eigenvalue weighted by atomic mass is 31.2. The van der Waals surface area contributed by atoms with E-state index < -0.39 is 7.82 Å². The van der Waals surface area contributed by atoms with Crippen molar-refractivity contribution in [3.63, 3.8) is 0 Å². The van der Waals surface area contributed by atoms with Gasteiger partial charge in [0, 0.05) is 0 Å². The lowest BCUT2D eigenvalue weighted by Crippen LogP contribution is -2.14. The maximum atomic E-state index is 8.88. The third-order valence-electron chi connectivity index (χ3n) is 0.854. The number of phosphoric acid groups is 1. The Morgan fingerprint density at radius 2 is 1.31 bits per heavy atom. The van der Waals surface area contributed by atoms with Crippen molar-refractivity contribution in [2.45, 2.75) is 26.7 Å². The van der Waals surface area contributed by atoms with Crippen LogP contribution in [0.5, 0.6) is 0 Å². The predicted octanol–water partition coefficient (Wildman–Crippen LogP) is 0.629. The summed E-state index contributed by atoms with van der Waals surface area (Å²) in [4.78, 5) is 21.6. The van der Waals surface area contributed by atoms with Gasteiger partial charge in [0.05, 0.1) is 0 Å². The summed E-state index contributed by atoms with van der Waals surface area (Å²) in [5.41, 5.74) is 0. The molecule has 13 heavy (non-hydrogen) atoms. The first kappa shape index (κ1) is 18.7. The summed E-state index contributed by atoms with van der Waals surface area (Å²) in [6.45, 7) is 6.72. The van der Waals surface area contributed by atoms with Gasteiger partial charge in [-0.3, -0.25) is 0 Å². The molecule has 6 nitrogen and oxygen atoms in total. The van der Waals surface area contributed by atoms with E-state index >= 15 is 0 Å². The van der Waals surface area contributed by atoms with Crippen molar-refractivity contribution in [2.75, 3.05) is 13.1 Å². The Kier molecular flexibility index (Phi) is 17.3. The minimum absolute atomic E-state index is 0.